The lowest BCUT2D eigenvalue weighted by Crippen LogP contribution is -2.35. The number of carbonyl (C=O) groups excluding carboxylic acids is 1. The van der Waals surface area contributed by atoms with Crippen LogP contribution in [0.5, 0.6) is 0 Å². The molecular formula is C25H30N2O2. The molecule has 0 aromatic heterocycles. The first-order valence-corrected chi connectivity index (χ1v) is 11.0. The third kappa shape index (κ3) is 3.33. The summed E-state index contributed by atoms with van der Waals surface area (Å²) < 4.78 is 5.07. The van der Waals surface area contributed by atoms with Gasteiger partial charge in [-0.25, -0.2) is 0 Å². The lowest BCUT2D eigenvalue weighted by atomic mass is 9.68. The minimum Gasteiger partial charge on any atom is -0.385 e. The fourth-order valence-electron chi connectivity index (χ4n) is 6.14. The van der Waals surface area contributed by atoms with E-state index >= 15 is 0 Å². The number of anilines is 1. The lowest BCUT2D eigenvalue weighted by Gasteiger charge is -2.43. The Hall–Kier alpha value is -2.33. The smallest absolute Gasteiger partial charge is 0.251 e. The zero-order valence-corrected chi connectivity index (χ0v) is 17.1. The van der Waals surface area contributed by atoms with Crippen LogP contribution in [0.4, 0.5) is 5.69 Å². The van der Waals surface area contributed by atoms with Gasteiger partial charge in [-0.1, -0.05) is 30.3 Å². The minimum atomic E-state index is 0.0220. The van der Waals surface area contributed by atoms with Crippen molar-refractivity contribution in [2.45, 2.75) is 37.6 Å². The van der Waals surface area contributed by atoms with E-state index in [1.165, 1.54) is 36.1 Å². The molecule has 2 aliphatic carbocycles. The SMILES string of the molecule is COCCCNC(=O)c1ccc2c(c1)[C@@H]1[C@@H]3CC[C@H](C3)[C@@H]1[C@H](c1ccccc1)N2. The van der Waals surface area contributed by atoms with Gasteiger partial charge in [-0.3, -0.25) is 4.79 Å². The monoisotopic (exact) mass is 390 g/mol. The van der Waals surface area contributed by atoms with Crippen molar-refractivity contribution in [2.75, 3.05) is 25.6 Å². The van der Waals surface area contributed by atoms with Gasteiger partial charge in [0.1, 0.15) is 0 Å². The topological polar surface area (TPSA) is 50.4 Å². The Labute approximate surface area is 173 Å². The predicted octanol–water partition coefficient (Wildman–Crippen LogP) is 4.75. The Balaban J connectivity index is 1.44. The van der Waals surface area contributed by atoms with Crippen molar-refractivity contribution in [3.63, 3.8) is 0 Å². The van der Waals surface area contributed by atoms with Crippen LogP contribution in [0.2, 0.25) is 0 Å². The Morgan fingerprint density at radius 3 is 2.79 bits per heavy atom. The average molecular weight is 391 g/mol. The van der Waals surface area contributed by atoms with E-state index in [0.29, 0.717) is 31.0 Å². The van der Waals surface area contributed by atoms with E-state index in [4.69, 9.17) is 4.74 Å². The first-order valence-electron chi connectivity index (χ1n) is 11.0. The fourth-order valence-corrected chi connectivity index (χ4v) is 6.14. The summed E-state index contributed by atoms with van der Waals surface area (Å²) in [6.07, 6.45) is 4.86. The summed E-state index contributed by atoms with van der Waals surface area (Å²) in [5.41, 5.74) is 4.74. The molecule has 1 aliphatic heterocycles. The van der Waals surface area contributed by atoms with Crippen molar-refractivity contribution < 1.29 is 9.53 Å². The minimum absolute atomic E-state index is 0.0220. The van der Waals surface area contributed by atoms with Gasteiger partial charge in [0, 0.05) is 31.5 Å². The lowest BCUT2D eigenvalue weighted by molar-refractivity contribution is 0.0948. The highest BCUT2D eigenvalue weighted by Crippen LogP contribution is 2.63. The molecule has 29 heavy (non-hydrogen) atoms. The molecule has 2 N–H and O–H groups in total. The molecule has 0 saturated heterocycles. The van der Waals surface area contributed by atoms with Crippen LogP contribution in [0.25, 0.3) is 0 Å². The average Bonchev–Trinajstić information content (AvgIpc) is 3.39. The molecule has 5 atom stereocenters. The van der Waals surface area contributed by atoms with Gasteiger partial charge in [-0.15, -0.1) is 0 Å². The van der Waals surface area contributed by atoms with Crippen molar-refractivity contribution >= 4 is 11.6 Å². The van der Waals surface area contributed by atoms with Gasteiger partial charge in [0.15, 0.2) is 0 Å². The zero-order chi connectivity index (χ0) is 19.8. The van der Waals surface area contributed by atoms with E-state index in [-0.39, 0.29) is 5.91 Å². The predicted molar refractivity (Wildman–Crippen MR) is 115 cm³/mol. The van der Waals surface area contributed by atoms with Crippen LogP contribution >= 0.6 is 0 Å². The van der Waals surface area contributed by atoms with Crippen LogP contribution in [0, 0.1) is 17.8 Å². The molecule has 0 radical (unpaired) electrons. The number of rotatable bonds is 6. The first-order chi connectivity index (χ1) is 14.3. The number of methoxy groups -OCH3 is 1. The normalized spacial score (nSPS) is 29.1. The van der Waals surface area contributed by atoms with Gasteiger partial charge in [0.2, 0.25) is 0 Å². The van der Waals surface area contributed by atoms with E-state index in [1.54, 1.807) is 7.11 Å². The molecule has 2 fully saturated rings. The highest BCUT2D eigenvalue weighted by molar-refractivity contribution is 5.95. The van der Waals surface area contributed by atoms with Crippen LogP contribution in [0.1, 0.15) is 59.1 Å². The quantitative estimate of drug-likeness (QED) is 0.700. The number of nitrogens with one attached hydrogen (secondary N) is 2. The first kappa shape index (κ1) is 18.7. The highest BCUT2D eigenvalue weighted by atomic mass is 16.5. The fraction of sp³-hybridized carbons (Fsp3) is 0.480. The van der Waals surface area contributed by atoms with Gasteiger partial charge < -0.3 is 15.4 Å². The van der Waals surface area contributed by atoms with Crippen LogP contribution < -0.4 is 10.6 Å². The molecule has 4 nitrogen and oxygen atoms in total. The van der Waals surface area contributed by atoms with Gasteiger partial charge in [0.05, 0.1) is 6.04 Å². The van der Waals surface area contributed by atoms with Gasteiger partial charge in [-0.05, 0) is 78.7 Å². The standard InChI is InChI=1S/C25H30N2O2/c1-29-13-5-12-26-25(28)19-10-11-21-20(15-19)22-17-8-9-18(14-17)23(22)24(27-21)16-6-3-2-4-7-16/h2-4,6-7,10-11,15,17-18,22-24,27H,5,8-9,12-14H2,1H3,(H,26,28)/t17-,18-,22+,23+,24+/m1/s1. The number of carbonyl (C=O) groups is 1. The number of hydrogen-bond donors (Lipinski definition) is 2. The molecule has 5 rings (SSSR count). The summed E-state index contributed by atoms with van der Waals surface area (Å²) in [5.74, 6) is 2.77. The van der Waals surface area contributed by atoms with Crippen molar-refractivity contribution in [3.8, 4) is 0 Å². The van der Waals surface area contributed by atoms with E-state index in [0.717, 1.165) is 23.8 Å². The molecule has 0 unspecified atom stereocenters. The van der Waals surface area contributed by atoms with Crippen molar-refractivity contribution in [3.05, 3.63) is 65.2 Å². The summed E-state index contributed by atoms with van der Waals surface area (Å²) in [5, 5.41) is 6.88. The van der Waals surface area contributed by atoms with Crippen LogP contribution in [0.15, 0.2) is 48.5 Å². The van der Waals surface area contributed by atoms with E-state index < -0.39 is 0 Å². The summed E-state index contributed by atoms with van der Waals surface area (Å²) in [6.45, 7) is 1.32. The number of hydrogen-bond acceptors (Lipinski definition) is 3. The third-order valence-electron chi connectivity index (χ3n) is 7.32. The van der Waals surface area contributed by atoms with Crippen LogP contribution in [-0.4, -0.2) is 26.2 Å². The van der Waals surface area contributed by atoms with Crippen LogP contribution in [0.3, 0.4) is 0 Å². The second-order valence-electron chi connectivity index (χ2n) is 8.87. The van der Waals surface area contributed by atoms with Crippen LogP contribution in [-0.2, 0) is 4.74 Å². The molecule has 4 heteroatoms. The van der Waals surface area contributed by atoms with E-state index in [9.17, 15) is 4.79 Å². The largest absolute Gasteiger partial charge is 0.385 e. The molecule has 2 saturated carbocycles. The number of fused-ring (bicyclic) bond motifs is 7. The van der Waals surface area contributed by atoms with Gasteiger partial charge in [0.25, 0.3) is 5.91 Å². The van der Waals surface area contributed by atoms with Gasteiger partial charge >= 0.3 is 0 Å². The van der Waals surface area contributed by atoms with Crippen molar-refractivity contribution in [1.29, 1.82) is 0 Å². The molecule has 1 amide bonds. The maximum atomic E-state index is 12.7. The van der Waals surface area contributed by atoms with Crippen molar-refractivity contribution in [2.24, 2.45) is 17.8 Å². The summed E-state index contributed by atoms with van der Waals surface area (Å²) >= 11 is 0. The number of ether oxygens (including phenoxy) is 1. The maximum absolute atomic E-state index is 12.7. The number of amides is 1. The molecule has 152 valence electrons. The Bertz CT molecular complexity index is 882. The second-order valence-corrected chi connectivity index (χ2v) is 8.87. The molecule has 1 heterocycles. The second kappa shape index (κ2) is 7.83. The summed E-state index contributed by atoms with van der Waals surface area (Å²) in [7, 11) is 1.69. The van der Waals surface area contributed by atoms with Crippen molar-refractivity contribution in [1.82, 2.24) is 5.32 Å². The summed E-state index contributed by atoms with van der Waals surface area (Å²) in [4.78, 5) is 12.7. The molecule has 2 aromatic carbocycles. The Morgan fingerprint density at radius 2 is 1.97 bits per heavy atom. The molecular weight excluding hydrogens is 360 g/mol. The maximum Gasteiger partial charge on any atom is 0.251 e. The Morgan fingerprint density at radius 1 is 1.14 bits per heavy atom. The number of benzene rings is 2. The third-order valence-corrected chi connectivity index (χ3v) is 7.32. The van der Waals surface area contributed by atoms with E-state index in [2.05, 4.69) is 53.1 Å². The molecule has 2 aromatic rings. The molecule has 3 aliphatic rings. The highest BCUT2D eigenvalue weighted by Gasteiger charge is 2.53. The van der Waals surface area contributed by atoms with Gasteiger partial charge in [-0.2, -0.15) is 0 Å². The molecule has 0 spiro atoms. The summed E-state index contributed by atoms with van der Waals surface area (Å²) in [6, 6.07) is 17.5. The Kier molecular flexibility index (Phi) is 5.04. The zero-order valence-electron chi connectivity index (χ0n) is 17.1. The van der Waals surface area contributed by atoms with E-state index in [1.807, 2.05) is 6.07 Å². The molecule has 2 bridgehead atoms.